The van der Waals surface area contributed by atoms with Gasteiger partial charge in [0.1, 0.15) is 35.8 Å². The van der Waals surface area contributed by atoms with Crippen molar-refractivity contribution in [3.05, 3.63) is 60.2 Å². The molecule has 12 nitrogen and oxygen atoms in total. The summed E-state index contributed by atoms with van der Waals surface area (Å²) in [6.45, 7) is 5.41. The van der Waals surface area contributed by atoms with Gasteiger partial charge in [-0.05, 0) is 57.9 Å². The van der Waals surface area contributed by atoms with Crippen molar-refractivity contribution in [1.82, 2.24) is 4.90 Å². The predicted molar refractivity (Wildman–Crippen MR) is 170 cm³/mol. The fourth-order valence-corrected chi connectivity index (χ4v) is 4.88. The number of nitrogens with zero attached hydrogens (tertiary/aromatic N) is 1. The van der Waals surface area contributed by atoms with Gasteiger partial charge in [-0.3, -0.25) is 9.59 Å². The summed E-state index contributed by atoms with van der Waals surface area (Å²) in [7, 11) is 0. The molecule has 2 amide bonds. The van der Waals surface area contributed by atoms with Gasteiger partial charge >= 0.3 is 6.09 Å². The summed E-state index contributed by atoms with van der Waals surface area (Å²) in [5.41, 5.74) is 0.528. The highest BCUT2D eigenvalue weighted by molar-refractivity contribution is 5.95. The molecule has 0 unspecified atom stereocenters. The van der Waals surface area contributed by atoms with Crippen LogP contribution in [0.5, 0.6) is 5.75 Å². The lowest BCUT2D eigenvalue weighted by atomic mass is 9.99. The van der Waals surface area contributed by atoms with E-state index >= 15 is 0 Å². The number of aliphatic hydroxyl groups excluding tert-OH is 4. The SMILES string of the molecule is CC(C)(C)OC(=O)N(CCCCCCCC(=O)c1ccccc1)CCC(=O)Nc1ccc(O[C@H]2O[C@H](CO)[C@@H](O)[C@H](O)[C@H]2O)cc1. The van der Waals surface area contributed by atoms with Crippen molar-refractivity contribution in [1.29, 1.82) is 0 Å². The highest BCUT2D eigenvalue weighted by Crippen LogP contribution is 2.25. The Hall–Kier alpha value is -3.55. The molecular weight excluding hydrogens is 596 g/mol. The van der Waals surface area contributed by atoms with E-state index in [4.69, 9.17) is 14.2 Å². The second-order valence-corrected chi connectivity index (χ2v) is 12.4. The molecule has 1 heterocycles. The second kappa shape index (κ2) is 18.0. The largest absolute Gasteiger partial charge is 0.462 e. The Balaban J connectivity index is 1.43. The molecule has 0 aliphatic carbocycles. The van der Waals surface area contributed by atoms with Crippen molar-refractivity contribution < 1.29 is 49.0 Å². The van der Waals surface area contributed by atoms with Gasteiger partial charge in [-0.1, -0.05) is 49.6 Å². The van der Waals surface area contributed by atoms with Gasteiger partial charge in [0.05, 0.1) is 6.61 Å². The zero-order valence-electron chi connectivity index (χ0n) is 26.8. The molecule has 0 radical (unpaired) electrons. The number of rotatable bonds is 16. The number of aliphatic hydroxyl groups is 4. The van der Waals surface area contributed by atoms with E-state index in [1.165, 1.54) is 12.1 Å². The van der Waals surface area contributed by atoms with E-state index in [2.05, 4.69) is 5.32 Å². The van der Waals surface area contributed by atoms with Crippen molar-refractivity contribution in [2.24, 2.45) is 0 Å². The molecule has 1 aliphatic rings. The Morgan fingerprint density at radius 1 is 0.826 bits per heavy atom. The number of ketones is 1. The van der Waals surface area contributed by atoms with E-state index in [0.29, 0.717) is 18.7 Å². The van der Waals surface area contributed by atoms with Crippen LogP contribution in [-0.4, -0.2) is 99.1 Å². The first-order valence-electron chi connectivity index (χ1n) is 15.8. The van der Waals surface area contributed by atoms with Crippen LogP contribution in [0.1, 0.15) is 76.1 Å². The summed E-state index contributed by atoms with van der Waals surface area (Å²) in [6.07, 6.45) is -2.65. The van der Waals surface area contributed by atoms with Crippen LogP contribution in [0.3, 0.4) is 0 Å². The zero-order valence-corrected chi connectivity index (χ0v) is 26.8. The normalized spacial score (nSPS) is 21.3. The number of amides is 2. The summed E-state index contributed by atoms with van der Waals surface area (Å²) < 4.78 is 16.5. The number of hydrogen-bond acceptors (Lipinski definition) is 10. The van der Waals surface area contributed by atoms with Crippen molar-refractivity contribution in [2.75, 3.05) is 25.0 Å². The fourth-order valence-electron chi connectivity index (χ4n) is 4.88. The van der Waals surface area contributed by atoms with Crippen LogP contribution in [0.15, 0.2) is 54.6 Å². The Morgan fingerprint density at radius 3 is 2.13 bits per heavy atom. The van der Waals surface area contributed by atoms with Crippen LogP contribution >= 0.6 is 0 Å². The molecule has 0 spiro atoms. The molecule has 1 fully saturated rings. The van der Waals surface area contributed by atoms with Crippen molar-refractivity contribution >= 4 is 23.5 Å². The molecule has 5 N–H and O–H groups in total. The highest BCUT2D eigenvalue weighted by atomic mass is 16.7. The maximum absolute atomic E-state index is 12.9. The van der Waals surface area contributed by atoms with Crippen LogP contribution in [0.25, 0.3) is 0 Å². The number of anilines is 1. The zero-order chi connectivity index (χ0) is 33.7. The maximum atomic E-state index is 12.9. The minimum absolute atomic E-state index is 0.0456. The van der Waals surface area contributed by atoms with E-state index in [1.54, 1.807) is 37.8 Å². The first-order chi connectivity index (χ1) is 21.9. The van der Waals surface area contributed by atoms with Crippen LogP contribution in [-0.2, 0) is 14.3 Å². The molecule has 3 rings (SSSR count). The van der Waals surface area contributed by atoms with Crippen LogP contribution in [0.4, 0.5) is 10.5 Å². The number of ether oxygens (including phenoxy) is 3. The molecular formula is C34H48N2O10. The van der Waals surface area contributed by atoms with Crippen LogP contribution < -0.4 is 10.1 Å². The maximum Gasteiger partial charge on any atom is 0.410 e. The topological polar surface area (TPSA) is 175 Å². The number of hydrogen-bond donors (Lipinski definition) is 5. The minimum atomic E-state index is -1.56. The van der Waals surface area contributed by atoms with Crippen LogP contribution in [0.2, 0.25) is 0 Å². The predicted octanol–water partition coefficient (Wildman–Crippen LogP) is 3.65. The molecule has 254 valence electrons. The summed E-state index contributed by atoms with van der Waals surface area (Å²) >= 11 is 0. The van der Waals surface area contributed by atoms with E-state index in [-0.39, 0.29) is 30.4 Å². The molecule has 1 saturated heterocycles. The molecule has 5 atom stereocenters. The number of nitrogens with one attached hydrogen (secondary N) is 1. The van der Waals surface area contributed by atoms with Gasteiger partial charge in [-0.2, -0.15) is 0 Å². The van der Waals surface area contributed by atoms with Crippen molar-refractivity contribution in [3.63, 3.8) is 0 Å². The molecule has 0 saturated carbocycles. The van der Waals surface area contributed by atoms with Gasteiger partial charge in [0, 0.05) is 37.2 Å². The first kappa shape index (κ1) is 36.9. The molecule has 2 aromatic carbocycles. The summed E-state index contributed by atoms with van der Waals surface area (Å²) in [5, 5.41) is 42.2. The quantitative estimate of drug-likeness (QED) is 0.134. The summed E-state index contributed by atoms with van der Waals surface area (Å²) in [6, 6.07) is 15.5. The van der Waals surface area contributed by atoms with Crippen molar-refractivity contribution in [2.45, 2.75) is 102 Å². The monoisotopic (exact) mass is 644 g/mol. The van der Waals surface area contributed by atoms with Gasteiger partial charge < -0.3 is 44.9 Å². The standard InChI is InChI=1S/C34H48N2O10/c1-34(2,3)46-33(43)36(20-11-6-4-5-10-14-26(38)23-12-8-7-9-13-23)21-19-28(39)35-24-15-17-25(18-16-24)44-32-31(42)30(41)29(40)27(22-37)45-32/h7-9,12-13,15-18,27,29-32,37,40-42H,4-6,10-11,14,19-22H2,1-3H3,(H,35,39)/t27-,29-,30+,31-,32+/m1/s1. The molecule has 46 heavy (non-hydrogen) atoms. The van der Waals surface area contributed by atoms with E-state index < -0.39 is 49.0 Å². The fraction of sp³-hybridized carbons (Fsp3) is 0.559. The number of carbonyl (C=O) groups excluding carboxylic acids is 3. The molecule has 12 heteroatoms. The molecule has 0 aromatic heterocycles. The summed E-state index contributed by atoms with van der Waals surface area (Å²) in [4.78, 5) is 39.4. The third-order valence-corrected chi connectivity index (χ3v) is 7.43. The van der Waals surface area contributed by atoms with E-state index in [1.807, 2.05) is 30.3 Å². The Labute approximate surface area is 270 Å². The average molecular weight is 645 g/mol. The van der Waals surface area contributed by atoms with Gasteiger partial charge in [-0.15, -0.1) is 0 Å². The Morgan fingerprint density at radius 2 is 1.48 bits per heavy atom. The molecule has 0 bridgehead atoms. The Kier molecular flexibility index (Phi) is 14.4. The summed E-state index contributed by atoms with van der Waals surface area (Å²) in [5.74, 6) is 0.104. The number of carbonyl (C=O) groups is 3. The van der Waals surface area contributed by atoms with E-state index in [9.17, 15) is 34.8 Å². The highest BCUT2D eigenvalue weighted by Gasteiger charge is 2.44. The number of benzene rings is 2. The number of Topliss-reactive ketones (excluding diaryl/α,β-unsaturated/α-hetero) is 1. The lowest BCUT2D eigenvalue weighted by molar-refractivity contribution is -0.277. The van der Waals surface area contributed by atoms with Gasteiger partial charge in [0.2, 0.25) is 12.2 Å². The van der Waals surface area contributed by atoms with Gasteiger partial charge in [0.15, 0.2) is 5.78 Å². The minimum Gasteiger partial charge on any atom is -0.462 e. The van der Waals surface area contributed by atoms with Gasteiger partial charge in [0.25, 0.3) is 0 Å². The second-order valence-electron chi connectivity index (χ2n) is 12.4. The Bertz CT molecular complexity index is 1230. The third kappa shape index (κ3) is 12.0. The smallest absolute Gasteiger partial charge is 0.410 e. The lowest BCUT2D eigenvalue weighted by Crippen LogP contribution is -2.60. The van der Waals surface area contributed by atoms with Crippen LogP contribution in [0, 0.1) is 0 Å². The third-order valence-electron chi connectivity index (χ3n) is 7.43. The molecule has 1 aliphatic heterocycles. The molecule has 2 aromatic rings. The number of unbranched alkanes of at least 4 members (excludes halogenated alkanes) is 4. The lowest BCUT2D eigenvalue weighted by Gasteiger charge is -2.39. The first-order valence-corrected chi connectivity index (χ1v) is 15.8. The average Bonchev–Trinajstić information content (AvgIpc) is 3.02. The van der Waals surface area contributed by atoms with Gasteiger partial charge in [-0.25, -0.2) is 4.79 Å². The van der Waals surface area contributed by atoms with Crippen molar-refractivity contribution in [3.8, 4) is 5.75 Å². The van der Waals surface area contributed by atoms with E-state index in [0.717, 1.165) is 37.7 Å².